The van der Waals surface area contributed by atoms with Crippen molar-refractivity contribution in [2.75, 3.05) is 0 Å². The van der Waals surface area contributed by atoms with Gasteiger partial charge in [-0.2, -0.15) is 0 Å². The number of hydrogen-bond acceptors (Lipinski definition) is 1. The van der Waals surface area contributed by atoms with Crippen LogP contribution in [0.2, 0.25) is 0 Å². The number of aryl methyl sites for hydroxylation is 1. The van der Waals surface area contributed by atoms with E-state index in [0.717, 1.165) is 0 Å². The third-order valence-corrected chi connectivity index (χ3v) is 3.54. The van der Waals surface area contributed by atoms with E-state index in [0.29, 0.717) is 17.5 Å². The van der Waals surface area contributed by atoms with Crippen LogP contribution in [0.3, 0.4) is 0 Å². The first-order chi connectivity index (χ1) is 6.99. The van der Waals surface area contributed by atoms with Crippen molar-refractivity contribution in [1.82, 2.24) is 5.32 Å². The highest BCUT2D eigenvalue weighted by molar-refractivity contribution is 5.24. The van der Waals surface area contributed by atoms with Gasteiger partial charge in [0.1, 0.15) is 0 Å². The van der Waals surface area contributed by atoms with Crippen LogP contribution in [0.25, 0.3) is 0 Å². The lowest BCUT2D eigenvalue weighted by molar-refractivity contribution is 0.492. The molecule has 0 bridgehead atoms. The van der Waals surface area contributed by atoms with E-state index >= 15 is 0 Å². The van der Waals surface area contributed by atoms with Crippen molar-refractivity contribution in [3.63, 3.8) is 0 Å². The quantitative estimate of drug-likeness (QED) is 0.793. The third-order valence-electron chi connectivity index (χ3n) is 3.54. The first kappa shape index (κ1) is 10.7. The molecule has 1 aliphatic rings. The highest BCUT2D eigenvalue weighted by Gasteiger charge is 2.45. The second-order valence-corrected chi connectivity index (χ2v) is 5.54. The van der Waals surface area contributed by atoms with Crippen molar-refractivity contribution in [1.29, 1.82) is 0 Å². The summed E-state index contributed by atoms with van der Waals surface area (Å²) in [5.74, 6) is 0. The van der Waals surface area contributed by atoms with Crippen LogP contribution in [0.15, 0.2) is 24.3 Å². The van der Waals surface area contributed by atoms with Gasteiger partial charge in [-0.15, -0.1) is 0 Å². The van der Waals surface area contributed by atoms with Gasteiger partial charge in [0, 0.05) is 12.1 Å². The predicted octanol–water partition coefficient (Wildman–Crippen LogP) is 3.44. The lowest BCUT2D eigenvalue weighted by Gasteiger charge is -2.15. The molecule has 2 unspecified atom stereocenters. The van der Waals surface area contributed by atoms with Crippen LogP contribution in [-0.2, 0) is 0 Å². The van der Waals surface area contributed by atoms with Crippen molar-refractivity contribution in [3.8, 4) is 0 Å². The topological polar surface area (TPSA) is 12.0 Å². The monoisotopic (exact) mass is 203 g/mol. The van der Waals surface area contributed by atoms with Gasteiger partial charge < -0.3 is 5.32 Å². The van der Waals surface area contributed by atoms with Gasteiger partial charge in [0.2, 0.25) is 0 Å². The van der Waals surface area contributed by atoms with Crippen LogP contribution in [0, 0.1) is 12.3 Å². The van der Waals surface area contributed by atoms with Crippen molar-refractivity contribution in [2.45, 2.75) is 46.2 Å². The smallest absolute Gasteiger partial charge is 0.0294 e. The van der Waals surface area contributed by atoms with Crippen molar-refractivity contribution < 1.29 is 0 Å². The van der Waals surface area contributed by atoms with Crippen LogP contribution in [0.1, 0.15) is 44.4 Å². The van der Waals surface area contributed by atoms with Gasteiger partial charge in [-0.3, -0.25) is 0 Å². The Bertz CT molecular complexity index is 337. The molecule has 0 radical (unpaired) electrons. The Morgan fingerprint density at radius 2 is 1.80 bits per heavy atom. The van der Waals surface area contributed by atoms with Crippen LogP contribution >= 0.6 is 0 Å². The van der Waals surface area contributed by atoms with Crippen LogP contribution in [-0.4, -0.2) is 6.04 Å². The Hall–Kier alpha value is -0.820. The molecule has 1 fully saturated rings. The van der Waals surface area contributed by atoms with E-state index in [4.69, 9.17) is 0 Å². The maximum Gasteiger partial charge on any atom is 0.0294 e. The molecule has 0 aliphatic heterocycles. The Kier molecular flexibility index (Phi) is 2.59. The average molecular weight is 203 g/mol. The first-order valence-corrected chi connectivity index (χ1v) is 5.82. The largest absolute Gasteiger partial charge is 0.307 e. The normalized spacial score (nSPS) is 24.9. The fraction of sp³-hybridized carbons (Fsp3) is 0.571. The molecule has 0 aromatic heterocycles. The van der Waals surface area contributed by atoms with E-state index in [-0.39, 0.29) is 0 Å². The van der Waals surface area contributed by atoms with Crippen molar-refractivity contribution in [2.24, 2.45) is 5.41 Å². The first-order valence-electron chi connectivity index (χ1n) is 5.82. The average Bonchev–Trinajstić information content (AvgIpc) is 2.74. The Morgan fingerprint density at radius 1 is 1.27 bits per heavy atom. The molecule has 0 saturated heterocycles. The highest BCUT2D eigenvalue weighted by atomic mass is 15.0. The summed E-state index contributed by atoms with van der Waals surface area (Å²) in [5, 5.41) is 3.68. The number of nitrogens with one attached hydrogen (secondary N) is 1. The molecule has 1 nitrogen and oxygen atoms in total. The molecule has 1 aromatic rings. The van der Waals surface area contributed by atoms with Crippen LogP contribution in [0.4, 0.5) is 0 Å². The van der Waals surface area contributed by atoms with E-state index < -0.39 is 0 Å². The van der Waals surface area contributed by atoms with Crippen LogP contribution < -0.4 is 5.32 Å². The van der Waals surface area contributed by atoms with E-state index in [1.54, 1.807) is 0 Å². The lowest BCUT2D eigenvalue weighted by atomic mass is 10.1. The minimum Gasteiger partial charge on any atom is -0.307 e. The lowest BCUT2D eigenvalue weighted by Crippen LogP contribution is -2.24. The maximum absolute atomic E-state index is 3.68. The van der Waals surface area contributed by atoms with Gasteiger partial charge in [0.25, 0.3) is 0 Å². The van der Waals surface area contributed by atoms with Gasteiger partial charge in [0.15, 0.2) is 0 Å². The zero-order valence-electron chi connectivity index (χ0n) is 10.2. The van der Waals surface area contributed by atoms with E-state index in [1.165, 1.54) is 17.5 Å². The summed E-state index contributed by atoms with van der Waals surface area (Å²) in [4.78, 5) is 0. The van der Waals surface area contributed by atoms with Gasteiger partial charge in [-0.1, -0.05) is 43.7 Å². The van der Waals surface area contributed by atoms with Gasteiger partial charge in [-0.05, 0) is 31.2 Å². The standard InChI is InChI=1S/C14H21N/c1-10-5-7-12(8-6-10)11(2)15-13-9-14(13,3)4/h5-8,11,13,15H,9H2,1-4H3. The van der Waals surface area contributed by atoms with Gasteiger partial charge in [0.05, 0.1) is 0 Å². The fourth-order valence-electron chi connectivity index (χ4n) is 2.00. The summed E-state index contributed by atoms with van der Waals surface area (Å²) in [6.45, 7) is 9.03. The second-order valence-electron chi connectivity index (χ2n) is 5.54. The Morgan fingerprint density at radius 3 is 2.27 bits per heavy atom. The van der Waals surface area contributed by atoms with Crippen LogP contribution in [0.5, 0.6) is 0 Å². The molecule has 2 atom stereocenters. The molecule has 0 spiro atoms. The SMILES string of the molecule is Cc1ccc(C(C)NC2CC2(C)C)cc1. The Labute approximate surface area is 92.9 Å². The summed E-state index contributed by atoms with van der Waals surface area (Å²) in [7, 11) is 0. The molecule has 2 rings (SSSR count). The molecule has 82 valence electrons. The van der Waals surface area contributed by atoms with E-state index in [1.807, 2.05) is 0 Å². The van der Waals surface area contributed by atoms with Crippen molar-refractivity contribution >= 4 is 0 Å². The summed E-state index contributed by atoms with van der Waals surface area (Å²) in [5.41, 5.74) is 3.24. The number of benzene rings is 1. The number of hydrogen-bond donors (Lipinski definition) is 1. The second kappa shape index (κ2) is 3.64. The summed E-state index contributed by atoms with van der Waals surface area (Å²) < 4.78 is 0. The van der Waals surface area contributed by atoms with Gasteiger partial charge in [-0.25, -0.2) is 0 Å². The third kappa shape index (κ3) is 2.40. The minimum absolute atomic E-state index is 0.470. The highest BCUT2D eigenvalue weighted by Crippen LogP contribution is 2.45. The Balaban J connectivity index is 1.97. The van der Waals surface area contributed by atoms with Gasteiger partial charge >= 0.3 is 0 Å². The van der Waals surface area contributed by atoms with Crippen molar-refractivity contribution in [3.05, 3.63) is 35.4 Å². The summed E-state index contributed by atoms with van der Waals surface area (Å²) in [6, 6.07) is 9.99. The molecule has 15 heavy (non-hydrogen) atoms. The molecule has 1 N–H and O–H groups in total. The summed E-state index contributed by atoms with van der Waals surface area (Å²) in [6.07, 6.45) is 1.31. The molecular weight excluding hydrogens is 182 g/mol. The minimum atomic E-state index is 0.470. The molecule has 0 amide bonds. The van der Waals surface area contributed by atoms with E-state index in [9.17, 15) is 0 Å². The molecule has 1 aromatic carbocycles. The number of rotatable bonds is 3. The van der Waals surface area contributed by atoms with E-state index in [2.05, 4.69) is 57.3 Å². The molecular formula is C14H21N. The zero-order chi connectivity index (χ0) is 11.1. The summed E-state index contributed by atoms with van der Waals surface area (Å²) >= 11 is 0. The molecule has 1 saturated carbocycles. The zero-order valence-corrected chi connectivity index (χ0v) is 10.2. The predicted molar refractivity (Wildman–Crippen MR) is 64.9 cm³/mol. The fourth-order valence-corrected chi connectivity index (χ4v) is 2.00. The maximum atomic E-state index is 3.68. The molecule has 1 aliphatic carbocycles. The molecule has 0 heterocycles. The molecule has 1 heteroatoms.